The van der Waals surface area contributed by atoms with Crippen molar-refractivity contribution in [3.05, 3.63) is 9.67 Å². The fourth-order valence-corrected chi connectivity index (χ4v) is 20.1. The van der Waals surface area contributed by atoms with Crippen molar-refractivity contribution in [1.29, 1.82) is 0 Å². The Morgan fingerprint density at radius 3 is 1.68 bits per heavy atom. The van der Waals surface area contributed by atoms with Gasteiger partial charge in [-0.15, -0.1) is 0 Å². The Morgan fingerprint density at radius 1 is 0.840 bits per heavy atom. The first-order chi connectivity index (χ1) is 12.1. The summed E-state index contributed by atoms with van der Waals surface area (Å²) in [5, 5.41) is 10.3. The normalized spacial score (nSPS) is 14.1. The van der Waals surface area contributed by atoms with Gasteiger partial charge in [-0.2, -0.15) is 0 Å². The van der Waals surface area contributed by atoms with Gasteiger partial charge >= 0.3 is 163 Å². The SMILES string of the molecule is CCCCCC(/C=[C](\CO)[Sn]([CH2]CCC)([CH2]CCC)[CH2]CCC)OC. The minimum atomic E-state index is -2.49. The molecule has 0 fully saturated rings. The Bertz CT molecular complexity index is 306. The van der Waals surface area contributed by atoms with Gasteiger partial charge in [0.25, 0.3) is 0 Å². The molecular weight excluding hydrogens is 415 g/mol. The molecule has 0 saturated carbocycles. The van der Waals surface area contributed by atoms with Crippen LogP contribution >= 0.6 is 0 Å². The molecule has 0 aromatic carbocycles. The zero-order valence-electron chi connectivity index (χ0n) is 17.9. The number of unbranched alkanes of at least 4 members (excludes halogenated alkanes) is 5. The zero-order valence-corrected chi connectivity index (χ0v) is 20.8. The van der Waals surface area contributed by atoms with Crippen molar-refractivity contribution in [2.75, 3.05) is 13.7 Å². The van der Waals surface area contributed by atoms with Gasteiger partial charge in [0.1, 0.15) is 0 Å². The van der Waals surface area contributed by atoms with Crippen molar-refractivity contribution >= 4 is 18.4 Å². The van der Waals surface area contributed by atoms with Gasteiger partial charge in [-0.3, -0.25) is 0 Å². The molecule has 0 amide bonds. The van der Waals surface area contributed by atoms with Crippen LogP contribution in [-0.2, 0) is 4.74 Å². The molecule has 0 saturated heterocycles. The van der Waals surface area contributed by atoms with Crippen LogP contribution in [0.1, 0.15) is 91.9 Å². The zero-order chi connectivity index (χ0) is 19.0. The van der Waals surface area contributed by atoms with E-state index in [-0.39, 0.29) is 12.7 Å². The Hall–Kier alpha value is 0.459. The van der Waals surface area contributed by atoms with E-state index in [0.717, 1.165) is 6.42 Å². The van der Waals surface area contributed by atoms with Gasteiger partial charge in [-0.05, 0) is 0 Å². The van der Waals surface area contributed by atoms with E-state index in [0.29, 0.717) is 0 Å². The summed E-state index contributed by atoms with van der Waals surface area (Å²) in [6, 6.07) is 0. The number of aliphatic hydroxyl groups excluding tert-OH is 1. The number of aliphatic hydroxyl groups is 1. The molecule has 0 aliphatic heterocycles. The van der Waals surface area contributed by atoms with Crippen molar-refractivity contribution in [3.8, 4) is 0 Å². The molecule has 2 nitrogen and oxygen atoms in total. The second kappa shape index (κ2) is 16.6. The predicted octanol–water partition coefficient (Wildman–Crippen LogP) is 6.89. The molecular formula is C22H46O2Sn. The van der Waals surface area contributed by atoms with Gasteiger partial charge in [0.2, 0.25) is 0 Å². The van der Waals surface area contributed by atoms with Crippen LogP contribution in [0.3, 0.4) is 0 Å². The monoisotopic (exact) mass is 462 g/mol. The molecule has 3 heteroatoms. The summed E-state index contributed by atoms with van der Waals surface area (Å²) in [5.74, 6) is 0. The number of ether oxygens (including phenoxy) is 1. The molecule has 0 rings (SSSR count). The third-order valence-corrected chi connectivity index (χ3v) is 21.7. The second-order valence-electron chi connectivity index (χ2n) is 7.71. The van der Waals surface area contributed by atoms with Crippen molar-refractivity contribution in [2.24, 2.45) is 0 Å². The van der Waals surface area contributed by atoms with E-state index in [1.807, 2.05) is 7.11 Å². The topological polar surface area (TPSA) is 29.5 Å². The summed E-state index contributed by atoms with van der Waals surface area (Å²) < 4.78 is 11.5. The molecule has 0 aliphatic carbocycles. The van der Waals surface area contributed by atoms with E-state index in [1.165, 1.54) is 74.7 Å². The summed E-state index contributed by atoms with van der Waals surface area (Å²) in [5.41, 5.74) is 0. The Balaban J connectivity index is 5.46. The maximum atomic E-state index is 10.3. The molecule has 0 aliphatic rings. The molecule has 0 heterocycles. The van der Waals surface area contributed by atoms with Crippen LogP contribution in [0.4, 0.5) is 0 Å². The van der Waals surface area contributed by atoms with Crippen molar-refractivity contribution in [2.45, 2.75) is 111 Å². The first kappa shape index (κ1) is 25.5. The third-order valence-electron chi connectivity index (χ3n) is 5.66. The number of rotatable bonds is 17. The summed E-state index contributed by atoms with van der Waals surface area (Å²) >= 11 is -2.49. The number of hydrogen-bond donors (Lipinski definition) is 1. The Kier molecular flexibility index (Phi) is 16.9. The molecule has 0 radical (unpaired) electrons. The average molecular weight is 461 g/mol. The molecule has 150 valence electrons. The van der Waals surface area contributed by atoms with E-state index in [2.05, 4.69) is 33.8 Å². The second-order valence-corrected chi connectivity index (χ2v) is 21.1. The average Bonchev–Trinajstić information content (AvgIpc) is 2.64. The summed E-state index contributed by atoms with van der Waals surface area (Å²) in [6.07, 6.45) is 15.3. The van der Waals surface area contributed by atoms with Gasteiger partial charge in [0.05, 0.1) is 0 Å². The van der Waals surface area contributed by atoms with Gasteiger partial charge < -0.3 is 0 Å². The molecule has 1 atom stereocenters. The van der Waals surface area contributed by atoms with Crippen LogP contribution in [0.25, 0.3) is 0 Å². The fourth-order valence-electron chi connectivity index (χ4n) is 3.89. The van der Waals surface area contributed by atoms with Crippen molar-refractivity contribution < 1.29 is 9.84 Å². The number of methoxy groups -OCH3 is 1. The van der Waals surface area contributed by atoms with Crippen molar-refractivity contribution in [1.82, 2.24) is 0 Å². The Labute approximate surface area is 162 Å². The van der Waals surface area contributed by atoms with Crippen LogP contribution < -0.4 is 0 Å². The molecule has 1 N–H and O–H groups in total. The van der Waals surface area contributed by atoms with Crippen LogP contribution in [0.5, 0.6) is 0 Å². The van der Waals surface area contributed by atoms with Gasteiger partial charge in [-0.1, -0.05) is 0 Å². The fraction of sp³-hybridized carbons (Fsp3) is 0.909. The maximum absolute atomic E-state index is 10.3. The van der Waals surface area contributed by atoms with E-state index >= 15 is 0 Å². The molecule has 0 bridgehead atoms. The molecule has 1 unspecified atom stereocenters. The summed E-state index contributed by atoms with van der Waals surface area (Å²) in [7, 11) is 1.84. The predicted molar refractivity (Wildman–Crippen MR) is 115 cm³/mol. The van der Waals surface area contributed by atoms with Gasteiger partial charge in [-0.25, -0.2) is 0 Å². The third kappa shape index (κ3) is 10.4. The van der Waals surface area contributed by atoms with E-state index < -0.39 is 18.4 Å². The van der Waals surface area contributed by atoms with Crippen LogP contribution in [0, 0.1) is 0 Å². The van der Waals surface area contributed by atoms with Crippen LogP contribution in [0.2, 0.25) is 13.3 Å². The van der Waals surface area contributed by atoms with E-state index in [9.17, 15) is 5.11 Å². The van der Waals surface area contributed by atoms with Gasteiger partial charge in [0.15, 0.2) is 0 Å². The molecule has 0 aromatic rings. The quantitative estimate of drug-likeness (QED) is 0.189. The van der Waals surface area contributed by atoms with Crippen LogP contribution in [0.15, 0.2) is 9.67 Å². The minimum absolute atomic E-state index is 0.203. The van der Waals surface area contributed by atoms with Gasteiger partial charge in [0, 0.05) is 0 Å². The van der Waals surface area contributed by atoms with E-state index in [4.69, 9.17) is 4.74 Å². The van der Waals surface area contributed by atoms with E-state index in [1.54, 1.807) is 0 Å². The number of hydrogen-bond acceptors (Lipinski definition) is 2. The molecule has 25 heavy (non-hydrogen) atoms. The summed E-state index contributed by atoms with van der Waals surface area (Å²) in [6.45, 7) is 9.45. The molecule has 0 spiro atoms. The molecule has 0 aromatic heterocycles. The standard InChI is InChI=1S/C10H19O2.3C4H9.Sn/c1-3-4-5-7-10(12-2)8-6-9-11;3*1-3-4-2;/h8,10-11H,3-5,7,9H2,1-2H3;3*1,3-4H2,2H3;. The first-order valence-electron chi connectivity index (χ1n) is 11.0. The Morgan fingerprint density at radius 2 is 1.32 bits per heavy atom. The van der Waals surface area contributed by atoms with Crippen molar-refractivity contribution in [3.63, 3.8) is 0 Å². The first-order valence-corrected chi connectivity index (χ1v) is 18.5. The summed E-state index contributed by atoms with van der Waals surface area (Å²) in [4.78, 5) is 0. The van der Waals surface area contributed by atoms with Crippen LogP contribution in [-0.4, -0.2) is 43.3 Å².